The van der Waals surface area contributed by atoms with Crippen molar-refractivity contribution in [3.05, 3.63) is 108 Å². The minimum Gasteiger partial charge on any atom is -0.336 e. The standard InChI is InChI=1S/C27H26ClN3O3S/c1-2-26(12-5-21-3-10-25(28)11-4-21)35(33,34)31-19-17-30(18-20-31)27(32)24-8-6-22(7-9-24)23-13-15-29-16-14-23/h2-16,26H,1,17-20H2. The molecule has 4 rings (SSSR count). The highest BCUT2D eigenvalue weighted by Gasteiger charge is 2.32. The molecule has 1 fully saturated rings. The van der Waals surface area contributed by atoms with Crippen molar-refractivity contribution in [1.82, 2.24) is 14.2 Å². The number of rotatable bonds is 7. The largest absolute Gasteiger partial charge is 0.336 e. The smallest absolute Gasteiger partial charge is 0.253 e. The number of pyridine rings is 1. The lowest BCUT2D eigenvalue weighted by molar-refractivity contribution is 0.0698. The molecule has 0 saturated carbocycles. The Kier molecular flexibility index (Phi) is 7.80. The van der Waals surface area contributed by atoms with E-state index in [1.54, 1.807) is 53.7 Å². The Bertz CT molecular complexity index is 1300. The number of carbonyl (C=O) groups excluding carboxylic acids is 1. The first-order chi connectivity index (χ1) is 16.9. The van der Waals surface area contributed by atoms with Gasteiger partial charge in [0.15, 0.2) is 0 Å². The van der Waals surface area contributed by atoms with Gasteiger partial charge in [-0.25, -0.2) is 8.42 Å². The van der Waals surface area contributed by atoms with E-state index in [4.69, 9.17) is 11.6 Å². The minimum atomic E-state index is -3.64. The number of halogens is 1. The van der Waals surface area contributed by atoms with Crippen molar-refractivity contribution in [1.29, 1.82) is 0 Å². The monoisotopic (exact) mass is 507 g/mol. The normalized spacial score (nSPS) is 15.7. The lowest BCUT2D eigenvalue weighted by Gasteiger charge is -2.35. The third-order valence-corrected chi connectivity index (χ3v) is 8.33. The molecule has 2 heterocycles. The van der Waals surface area contributed by atoms with Crippen molar-refractivity contribution in [2.45, 2.75) is 5.25 Å². The molecule has 2 aromatic carbocycles. The van der Waals surface area contributed by atoms with Crippen molar-refractivity contribution in [3.63, 3.8) is 0 Å². The second-order valence-electron chi connectivity index (χ2n) is 8.16. The topological polar surface area (TPSA) is 70.6 Å². The second-order valence-corrected chi connectivity index (χ2v) is 10.7. The second kappa shape index (κ2) is 11.0. The highest BCUT2D eigenvalue weighted by molar-refractivity contribution is 7.90. The molecule has 0 radical (unpaired) electrons. The molecule has 1 saturated heterocycles. The zero-order valence-corrected chi connectivity index (χ0v) is 20.7. The van der Waals surface area contributed by atoms with Gasteiger partial charge in [0, 0.05) is 49.2 Å². The van der Waals surface area contributed by atoms with Gasteiger partial charge in [-0.05, 0) is 53.1 Å². The first-order valence-corrected chi connectivity index (χ1v) is 13.1. The van der Waals surface area contributed by atoms with E-state index in [1.165, 1.54) is 10.4 Å². The average Bonchev–Trinajstić information content (AvgIpc) is 2.90. The molecule has 35 heavy (non-hydrogen) atoms. The van der Waals surface area contributed by atoms with Gasteiger partial charge in [-0.3, -0.25) is 9.78 Å². The summed E-state index contributed by atoms with van der Waals surface area (Å²) in [6, 6.07) is 18.4. The fourth-order valence-electron chi connectivity index (χ4n) is 3.93. The number of piperazine rings is 1. The lowest BCUT2D eigenvalue weighted by Crippen LogP contribution is -2.52. The molecule has 3 aromatic rings. The summed E-state index contributed by atoms with van der Waals surface area (Å²) in [6.07, 6.45) is 8.24. The Hall–Kier alpha value is -3.26. The van der Waals surface area contributed by atoms with E-state index in [2.05, 4.69) is 11.6 Å². The molecular weight excluding hydrogens is 482 g/mol. The van der Waals surface area contributed by atoms with Crippen LogP contribution in [0.1, 0.15) is 15.9 Å². The highest BCUT2D eigenvalue weighted by Crippen LogP contribution is 2.21. The van der Waals surface area contributed by atoms with Crippen LogP contribution in [0.15, 0.2) is 91.8 Å². The van der Waals surface area contributed by atoms with E-state index in [0.29, 0.717) is 23.7 Å². The summed E-state index contributed by atoms with van der Waals surface area (Å²) in [4.78, 5) is 18.7. The number of nitrogens with zero attached hydrogens (tertiary/aromatic N) is 3. The molecule has 1 aliphatic rings. The summed E-state index contributed by atoms with van der Waals surface area (Å²) in [5.74, 6) is -0.105. The van der Waals surface area contributed by atoms with E-state index in [9.17, 15) is 13.2 Å². The Balaban J connectivity index is 1.38. The van der Waals surface area contributed by atoms with E-state index in [-0.39, 0.29) is 19.0 Å². The summed E-state index contributed by atoms with van der Waals surface area (Å²) in [6.45, 7) is 4.85. The Morgan fingerprint density at radius 2 is 1.51 bits per heavy atom. The molecule has 1 amide bonds. The average molecular weight is 508 g/mol. The van der Waals surface area contributed by atoms with Gasteiger partial charge in [0.2, 0.25) is 10.0 Å². The molecular formula is C27H26ClN3O3S. The lowest BCUT2D eigenvalue weighted by atomic mass is 10.0. The van der Waals surface area contributed by atoms with Crippen molar-refractivity contribution >= 4 is 33.6 Å². The van der Waals surface area contributed by atoms with Crippen molar-refractivity contribution in [2.75, 3.05) is 26.2 Å². The number of hydrogen-bond acceptors (Lipinski definition) is 4. The van der Waals surface area contributed by atoms with Crippen LogP contribution in [0.3, 0.4) is 0 Å². The van der Waals surface area contributed by atoms with Crippen LogP contribution in [-0.2, 0) is 10.0 Å². The number of amides is 1. The van der Waals surface area contributed by atoms with Gasteiger partial charge in [0.05, 0.1) is 0 Å². The van der Waals surface area contributed by atoms with Crippen molar-refractivity contribution in [3.8, 4) is 11.1 Å². The van der Waals surface area contributed by atoms with Crippen LogP contribution in [0.2, 0.25) is 5.02 Å². The number of carbonyl (C=O) groups is 1. The van der Waals surface area contributed by atoms with E-state index in [0.717, 1.165) is 16.7 Å². The zero-order valence-electron chi connectivity index (χ0n) is 19.1. The fourth-order valence-corrected chi connectivity index (χ4v) is 5.59. The summed E-state index contributed by atoms with van der Waals surface area (Å²) in [5, 5.41) is -0.242. The first kappa shape index (κ1) is 24.9. The van der Waals surface area contributed by atoms with Crippen LogP contribution in [-0.4, -0.2) is 59.9 Å². The molecule has 0 bridgehead atoms. The highest BCUT2D eigenvalue weighted by atomic mass is 35.5. The molecule has 0 aliphatic carbocycles. The molecule has 8 heteroatoms. The Morgan fingerprint density at radius 3 is 2.11 bits per heavy atom. The van der Waals surface area contributed by atoms with E-state index < -0.39 is 15.3 Å². The molecule has 6 nitrogen and oxygen atoms in total. The van der Waals surface area contributed by atoms with Gasteiger partial charge >= 0.3 is 0 Å². The summed E-state index contributed by atoms with van der Waals surface area (Å²) < 4.78 is 27.8. The van der Waals surface area contributed by atoms with Crippen LogP contribution in [0.4, 0.5) is 0 Å². The summed E-state index contributed by atoms with van der Waals surface area (Å²) in [7, 11) is -3.64. The number of benzene rings is 2. The predicted molar refractivity (Wildman–Crippen MR) is 141 cm³/mol. The molecule has 0 N–H and O–H groups in total. The third-order valence-electron chi connectivity index (χ3n) is 5.96. The Morgan fingerprint density at radius 1 is 0.914 bits per heavy atom. The SMILES string of the molecule is C=CC(C=Cc1ccc(Cl)cc1)S(=O)(=O)N1CCN(C(=O)c2ccc(-c3ccncc3)cc2)CC1. The predicted octanol–water partition coefficient (Wildman–Crippen LogP) is 4.76. The van der Waals surface area contributed by atoms with Crippen molar-refractivity contribution in [2.24, 2.45) is 0 Å². The van der Waals surface area contributed by atoms with Crippen molar-refractivity contribution < 1.29 is 13.2 Å². The molecule has 1 atom stereocenters. The van der Waals surface area contributed by atoms with Crippen LogP contribution in [0.5, 0.6) is 0 Å². The zero-order chi connectivity index (χ0) is 24.8. The van der Waals surface area contributed by atoms with E-state index >= 15 is 0 Å². The fraction of sp³-hybridized carbons (Fsp3) is 0.185. The maximum absolute atomic E-state index is 13.2. The minimum absolute atomic E-state index is 0.105. The third kappa shape index (κ3) is 5.88. The van der Waals surface area contributed by atoms with Gasteiger partial charge in [0.25, 0.3) is 5.91 Å². The molecule has 0 spiro atoms. The molecule has 1 aliphatic heterocycles. The molecule has 1 aromatic heterocycles. The Labute approximate surface area is 211 Å². The number of sulfonamides is 1. The van der Waals surface area contributed by atoms with Crippen LogP contribution >= 0.6 is 11.6 Å². The molecule has 1 unspecified atom stereocenters. The number of hydrogen-bond donors (Lipinski definition) is 0. The van der Waals surface area contributed by atoms with Gasteiger partial charge < -0.3 is 4.90 Å². The molecule has 180 valence electrons. The van der Waals surface area contributed by atoms with E-state index in [1.807, 2.05) is 36.4 Å². The number of aromatic nitrogens is 1. The van der Waals surface area contributed by atoms with Gasteiger partial charge in [0.1, 0.15) is 5.25 Å². The van der Waals surface area contributed by atoms with Crippen LogP contribution < -0.4 is 0 Å². The first-order valence-electron chi connectivity index (χ1n) is 11.2. The van der Waals surface area contributed by atoms with Crippen LogP contribution in [0, 0.1) is 0 Å². The van der Waals surface area contributed by atoms with Gasteiger partial charge in [-0.1, -0.05) is 54.1 Å². The quantitative estimate of drug-likeness (QED) is 0.432. The van der Waals surface area contributed by atoms with Crippen LogP contribution in [0.25, 0.3) is 17.2 Å². The maximum atomic E-state index is 13.2. The maximum Gasteiger partial charge on any atom is 0.253 e. The van der Waals surface area contributed by atoms with Gasteiger partial charge in [-0.2, -0.15) is 4.31 Å². The summed E-state index contributed by atoms with van der Waals surface area (Å²) in [5.41, 5.74) is 3.46. The summed E-state index contributed by atoms with van der Waals surface area (Å²) >= 11 is 5.91. The van der Waals surface area contributed by atoms with Gasteiger partial charge in [-0.15, -0.1) is 6.58 Å².